The number of anilines is 1. The standard InChI is InChI=1S/C16H20N4O/c1-21-15-4-2-13(3-5-15)12-14-6-7-18-16(19-14)20-10-8-17-9-11-20/h2-7,17H,8-12H2,1H3. The summed E-state index contributed by atoms with van der Waals surface area (Å²) >= 11 is 0. The molecule has 1 fully saturated rings. The van der Waals surface area contributed by atoms with Gasteiger partial charge in [-0.2, -0.15) is 0 Å². The first-order chi connectivity index (χ1) is 10.3. The van der Waals surface area contributed by atoms with Crippen LogP contribution in [-0.4, -0.2) is 43.3 Å². The lowest BCUT2D eigenvalue weighted by atomic mass is 10.1. The number of piperazine rings is 1. The van der Waals surface area contributed by atoms with Crippen LogP contribution in [0.25, 0.3) is 0 Å². The number of rotatable bonds is 4. The molecule has 0 spiro atoms. The first-order valence-corrected chi connectivity index (χ1v) is 7.26. The highest BCUT2D eigenvalue weighted by Crippen LogP contribution is 2.15. The molecular weight excluding hydrogens is 264 g/mol. The van der Waals surface area contributed by atoms with E-state index in [1.807, 2.05) is 24.4 Å². The van der Waals surface area contributed by atoms with E-state index in [-0.39, 0.29) is 0 Å². The molecule has 1 aromatic carbocycles. The number of hydrogen-bond donors (Lipinski definition) is 1. The second-order valence-electron chi connectivity index (χ2n) is 5.11. The summed E-state index contributed by atoms with van der Waals surface area (Å²) in [6.45, 7) is 3.91. The summed E-state index contributed by atoms with van der Waals surface area (Å²) in [4.78, 5) is 11.3. The second-order valence-corrected chi connectivity index (χ2v) is 5.11. The molecule has 1 aromatic heterocycles. The van der Waals surface area contributed by atoms with Crippen LogP contribution >= 0.6 is 0 Å². The van der Waals surface area contributed by atoms with Crippen molar-refractivity contribution in [1.82, 2.24) is 15.3 Å². The van der Waals surface area contributed by atoms with Gasteiger partial charge in [0.25, 0.3) is 0 Å². The van der Waals surface area contributed by atoms with Crippen LogP contribution in [0.1, 0.15) is 11.3 Å². The molecule has 5 heteroatoms. The summed E-state index contributed by atoms with van der Waals surface area (Å²) in [6.07, 6.45) is 2.66. The minimum absolute atomic E-state index is 0.811. The molecular formula is C16H20N4O. The van der Waals surface area contributed by atoms with Gasteiger partial charge in [-0.1, -0.05) is 12.1 Å². The molecule has 1 aliphatic heterocycles. The Morgan fingerprint density at radius 1 is 1.14 bits per heavy atom. The molecule has 2 aromatic rings. The largest absolute Gasteiger partial charge is 0.497 e. The Balaban J connectivity index is 1.72. The van der Waals surface area contributed by atoms with Crippen LogP contribution in [0.2, 0.25) is 0 Å². The summed E-state index contributed by atoms with van der Waals surface area (Å²) in [5, 5.41) is 3.34. The normalized spacial score (nSPS) is 15.0. The number of methoxy groups -OCH3 is 1. The van der Waals surface area contributed by atoms with E-state index in [2.05, 4.69) is 27.3 Å². The van der Waals surface area contributed by atoms with E-state index in [0.717, 1.165) is 50.0 Å². The van der Waals surface area contributed by atoms with Crippen molar-refractivity contribution in [2.24, 2.45) is 0 Å². The van der Waals surface area contributed by atoms with Gasteiger partial charge in [0.2, 0.25) is 5.95 Å². The molecule has 1 saturated heterocycles. The first-order valence-electron chi connectivity index (χ1n) is 7.26. The van der Waals surface area contributed by atoms with Gasteiger partial charge in [0.15, 0.2) is 0 Å². The molecule has 110 valence electrons. The van der Waals surface area contributed by atoms with Crippen molar-refractivity contribution in [2.75, 3.05) is 38.2 Å². The maximum atomic E-state index is 5.18. The van der Waals surface area contributed by atoms with Crippen LogP contribution in [0.15, 0.2) is 36.5 Å². The lowest BCUT2D eigenvalue weighted by Crippen LogP contribution is -2.44. The predicted molar refractivity (Wildman–Crippen MR) is 82.9 cm³/mol. The Morgan fingerprint density at radius 2 is 1.90 bits per heavy atom. The van der Waals surface area contributed by atoms with E-state index in [4.69, 9.17) is 9.72 Å². The van der Waals surface area contributed by atoms with Crippen LogP contribution in [0, 0.1) is 0 Å². The van der Waals surface area contributed by atoms with Crippen LogP contribution in [-0.2, 0) is 6.42 Å². The molecule has 1 aliphatic rings. The Morgan fingerprint density at radius 3 is 2.62 bits per heavy atom. The van der Waals surface area contributed by atoms with Crippen LogP contribution in [0.5, 0.6) is 5.75 Å². The molecule has 3 rings (SSSR count). The zero-order valence-corrected chi connectivity index (χ0v) is 12.2. The quantitative estimate of drug-likeness (QED) is 0.922. The molecule has 0 atom stereocenters. The summed E-state index contributed by atoms with van der Waals surface area (Å²) < 4.78 is 5.18. The molecule has 21 heavy (non-hydrogen) atoms. The minimum atomic E-state index is 0.811. The van der Waals surface area contributed by atoms with Crippen molar-refractivity contribution in [2.45, 2.75) is 6.42 Å². The Hall–Kier alpha value is -2.14. The number of aromatic nitrogens is 2. The Kier molecular flexibility index (Phi) is 4.31. The van der Waals surface area contributed by atoms with Crippen molar-refractivity contribution in [1.29, 1.82) is 0 Å². The van der Waals surface area contributed by atoms with Gasteiger partial charge in [0, 0.05) is 38.8 Å². The van der Waals surface area contributed by atoms with Gasteiger partial charge in [-0.15, -0.1) is 0 Å². The van der Waals surface area contributed by atoms with Gasteiger partial charge >= 0.3 is 0 Å². The summed E-state index contributed by atoms with van der Waals surface area (Å²) in [6, 6.07) is 10.1. The van der Waals surface area contributed by atoms with Gasteiger partial charge in [-0.05, 0) is 23.8 Å². The molecule has 1 N–H and O–H groups in total. The van der Waals surface area contributed by atoms with E-state index < -0.39 is 0 Å². The minimum Gasteiger partial charge on any atom is -0.497 e. The van der Waals surface area contributed by atoms with E-state index in [1.165, 1.54) is 5.56 Å². The van der Waals surface area contributed by atoms with E-state index in [0.29, 0.717) is 0 Å². The van der Waals surface area contributed by atoms with Crippen LogP contribution in [0.3, 0.4) is 0 Å². The lowest BCUT2D eigenvalue weighted by molar-refractivity contribution is 0.414. The molecule has 0 radical (unpaired) electrons. The maximum Gasteiger partial charge on any atom is 0.225 e. The second kappa shape index (κ2) is 6.54. The molecule has 0 amide bonds. The molecule has 5 nitrogen and oxygen atoms in total. The fourth-order valence-electron chi connectivity index (χ4n) is 2.45. The van der Waals surface area contributed by atoms with Crippen LogP contribution in [0.4, 0.5) is 5.95 Å². The fourth-order valence-corrected chi connectivity index (χ4v) is 2.45. The van der Waals surface area contributed by atoms with Gasteiger partial charge < -0.3 is 15.0 Å². The smallest absolute Gasteiger partial charge is 0.225 e. The van der Waals surface area contributed by atoms with Gasteiger partial charge in [0.1, 0.15) is 5.75 Å². The summed E-state index contributed by atoms with van der Waals surface area (Å²) in [7, 11) is 1.68. The van der Waals surface area contributed by atoms with Crippen molar-refractivity contribution >= 4 is 5.95 Å². The number of ether oxygens (including phenoxy) is 1. The average Bonchev–Trinajstić information content (AvgIpc) is 2.57. The average molecular weight is 284 g/mol. The third kappa shape index (κ3) is 3.49. The predicted octanol–water partition coefficient (Wildman–Crippen LogP) is 1.49. The first kappa shape index (κ1) is 13.8. The fraction of sp³-hybridized carbons (Fsp3) is 0.375. The molecule has 0 unspecified atom stereocenters. The number of benzene rings is 1. The van der Waals surface area contributed by atoms with Crippen molar-refractivity contribution in [3.8, 4) is 5.75 Å². The van der Waals surface area contributed by atoms with Crippen molar-refractivity contribution < 1.29 is 4.74 Å². The third-order valence-corrected chi connectivity index (χ3v) is 3.64. The highest BCUT2D eigenvalue weighted by atomic mass is 16.5. The number of nitrogens with zero attached hydrogens (tertiary/aromatic N) is 3. The summed E-state index contributed by atoms with van der Waals surface area (Å²) in [5.41, 5.74) is 2.27. The topological polar surface area (TPSA) is 50.3 Å². The van der Waals surface area contributed by atoms with E-state index in [1.54, 1.807) is 7.11 Å². The van der Waals surface area contributed by atoms with Crippen molar-refractivity contribution in [3.63, 3.8) is 0 Å². The highest BCUT2D eigenvalue weighted by Gasteiger charge is 2.13. The Bertz CT molecular complexity index is 579. The highest BCUT2D eigenvalue weighted by molar-refractivity contribution is 5.34. The molecule has 0 saturated carbocycles. The molecule has 0 bridgehead atoms. The molecule has 0 aliphatic carbocycles. The van der Waals surface area contributed by atoms with Crippen LogP contribution < -0.4 is 15.0 Å². The monoisotopic (exact) mass is 284 g/mol. The Labute approximate surface area is 125 Å². The lowest BCUT2D eigenvalue weighted by Gasteiger charge is -2.27. The molecule has 2 heterocycles. The third-order valence-electron chi connectivity index (χ3n) is 3.64. The zero-order valence-electron chi connectivity index (χ0n) is 12.2. The number of nitrogens with one attached hydrogen (secondary N) is 1. The maximum absolute atomic E-state index is 5.18. The SMILES string of the molecule is COc1ccc(Cc2ccnc(N3CCNCC3)n2)cc1. The zero-order chi connectivity index (χ0) is 14.5. The summed E-state index contributed by atoms with van der Waals surface area (Å²) in [5.74, 6) is 1.71. The van der Waals surface area contributed by atoms with Gasteiger partial charge in [-0.3, -0.25) is 0 Å². The van der Waals surface area contributed by atoms with E-state index in [9.17, 15) is 0 Å². The number of hydrogen-bond acceptors (Lipinski definition) is 5. The van der Waals surface area contributed by atoms with E-state index >= 15 is 0 Å². The van der Waals surface area contributed by atoms with Crippen molar-refractivity contribution in [3.05, 3.63) is 47.8 Å². The van der Waals surface area contributed by atoms with Gasteiger partial charge in [0.05, 0.1) is 12.8 Å². The van der Waals surface area contributed by atoms with Gasteiger partial charge in [-0.25, -0.2) is 9.97 Å².